The van der Waals surface area contributed by atoms with Crippen LogP contribution in [0.4, 0.5) is 4.39 Å². The Morgan fingerprint density at radius 1 is 1.39 bits per heavy atom. The summed E-state index contributed by atoms with van der Waals surface area (Å²) in [6, 6.07) is 5.97. The summed E-state index contributed by atoms with van der Waals surface area (Å²) in [5, 5.41) is 16.0. The molecule has 1 aromatic rings. The molecule has 23 heavy (non-hydrogen) atoms. The van der Waals surface area contributed by atoms with Crippen molar-refractivity contribution in [3.05, 3.63) is 35.6 Å². The van der Waals surface area contributed by atoms with E-state index in [0.29, 0.717) is 0 Å². The molecule has 6 nitrogen and oxygen atoms in total. The van der Waals surface area contributed by atoms with Crippen molar-refractivity contribution in [2.24, 2.45) is 5.92 Å². The van der Waals surface area contributed by atoms with Crippen molar-refractivity contribution >= 4 is 18.3 Å². The van der Waals surface area contributed by atoms with Gasteiger partial charge in [0.25, 0.3) is 0 Å². The van der Waals surface area contributed by atoms with Gasteiger partial charge in [0.15, 0.2) is 0 Å². The van der Waals surface area contributed by atoms with E-state index < -0.39 is 11.9 Å². The Kier molecular flexibility index (Phi) is 6.32. The van der Waals surface area contributed by atoms with Gasteiger partial charge in [0.05, 0.1) is 6.10 Å². The highest BCUT2D eigenvalue weighted by Crippen LogP contribution is 2.20. The highest BCUT2D eigenvalue weighted by atomic mass is 35.5. The summed E-state index contributed by atoms with van der Waals surface area (Å²) < 4.78 is 13.6. The third-order valence-corrected chi connectivity index (χ3v) is 4.40. The molecule has 0 spiro atoms. The molecule has 1 aromatic carbocycles. The number of hydrogen-bond donors (Lipinski definition) is 5. The molecule has 5 N–H and O–H groups in total. The average Bonchev–Trinajstić information content (AvgIpc) is 2.97. The maximum absolute atomic E-state index is 13.6. The Balaban J connectivity index is 0.00000192. The predicted octanol–water partition coefficient (Wildman–Crippen LogP) is -0.148. The first-order valence-corrected chi connectivity index (χ1v) is 7.59. The first kappa shape index (κ1) is 18.1. The summed E-state index contributed by atoms with van der Waals surface area (Å²) in [7, 11) is 0. The highest BCUT2D eigenvalue weighted by molar-refractivity contribution is 5.85. The van der Waals surface area contributed by atoms with Gasteiger partial charge in [0, 0.05) is 30.6 Å². The maximum Gasteiger partial charge on any atom is 0.238 e. The third-order valence-electron chi connectivity index (χ3n) is 4.40. The van der Waals surface area contributed by atoms with Crippen molar-refractivity contribution in [2.75, 3.05) is 19.6 Å². The van der Waals surface area contributed by atoms with E-state index in [2.05, 4.69) is 21.5 Å². The monoisotopic (exact) mass is 344 g/mol. The van der Waals surface area contributed by atoms with Crippen LogP contribution >= 0.6 is 12.4 Å². The maximum atomic E-state index is 13.6. The highest BCUT2D eigenvalue weighted by Gasteiger charge is 2.41. The molecule has 0 saturated carbocycles. The predicted molar refractivity (Wildman–Crippen MR) is 86.4 cm³/mol. The second-order valence-electron chi connectivity index (χ2n) is 5.81. The van der Waals surface area contributed by atoms with Crippen molar-refractivity contribution < 1.29 is 14.3 Å². The molecular formula is C15H22ClFN4O2. The molecule has 4 unspecified atom stereocenters. The minimum atomic E-state index is -1.06. The number of fused-ring (bicyclic) bond motifs is 1. The van der Waals surface area contributed by atoms with Crippen molar-refractivity contribution in [3.63, 3.8) is 0 Å². The van der Waals surface area contributed by atoms with Crippen LogP contribution in [0.15, 0.2) is 24.3 Å². The van der Waals surface area contributed by atoms with E-state index in [1.165, 1.54) is 12.1 Å². The second kappa shape index (κ2) is 8.03. The summed E-state index contributed by atoms with van der Waals surface area (Å²) >= 11 is 0. The number of benzene rings is 1. The fourth-order valence-corrected chi connectivity index (χ4v) is 3.14. The quantitative estimate of drug-likeness (QED) is 0.524. The lowest BCUT2D eigenvalue weighted by Crippen LogP contribution is -2.49. The molecule has 0 bridgehead atoms. The lowest BCUT2D eigenvalue weighted by atomic mass is 9.89. The van der Waals surface area contributed by atoms with Gasteiger partial charge < -0.3 is 15.7 Å². The number of halogens is 2. The summed E-state index contributed by atoms with van der Waals surface area (Å²) in [5.41, 5.74) is 6.35. The topological polar surface area (TPSA) is 85.4 Å². The van der Waals surface area contributed by atoms with Gasteiger partial charge in [-0.1, -0.05) is 18.2 Å². The van der Waals surface area contributed by atoms with Crippen LogP contribution in [0, 0.1) is 11.7 Å². The van der Waals surface area contributed by atoms with E-state index in [4.69, 9.17) is 0 Å². The minimum Gasteiger partial charge on any atom is -0.386 e. The van der Waals surface area contributed by atoms with Crippen molar-refractivity contribution in [3.8, 4) is 0 Å². The molecule has 2 aliphatic heterocycles. The molecule has 2 saturated heterocycles. The molecule has 2 aliphatic rings. The van der Waals surface area contributed by atoms with Crippen molar-refractivity contribution in [2.45, 2.75) is 24.6 Å². The van der Waals surface area contributed by atoms with Gasteiger partial charge in [0.1, 0.15) is 11.9 Å². The lowest BCUT2D eigenvalue weighted by molar-refractivity contribution is -0.124. The molecule has 0 radical (unpaired) electrons. The first-order valence-electron chi connectivity index (χ1n) is 7.59. The van der Waals surface area contributed by atoms with E-state index in [-0.39, 0.29) is 48.4 Å². The largest absolute Gasteiger partial charge is 0.386 e. The molecule has 2 fully saturated rings. The lowest BCUT2D eigenvalue weighted by Gasteiger charge is -2.27. The molecule has 128 valence electrons. The van der Waals surface area contributed by atoms with Gasteiger partial charge in [-0.25, -0.2) is 9.82 Å². The number of hydrazine groups is 1. The van der Waals surface area contributed by atoms with Gasteiger partial charge in [-0.05, 0) is 19.0 Å². The van der Waals surface area contributed by atoms with Crippen LogP contribution in [0.1, 0.15) is 18.1 Å². The fourth-order valence-electron chi connectivity index (χ4n) is 3.14. The van der Waals surface area contributed by atoms with Crippen molar-refractivity contribution in [1.82, 2.24) is 21.5 Å². The molecule has 1 amide bonds. The second-order valence-corrected chi connectivity index (χ2v) is 5.81. The summed E-state index contributed by atoms with van der Waals surface area (Å²) in [6.45, 7) is 1.71. The van der Waals surface area contributed by atoms with Gasteiger partial charge in [-0.3, -0.25) is 10.2 Å². The van der Waals surface area contributed by atoms with Crippen LogP contribution in [-0.2, 0) is 4.79 Å². The van der Waals surface area contributed by atoms with E-state index in [9.17, 15) is 14.3 Å². The zero-order valence-corrected chi connectivity index (χ0v) is 13.4. The number of aliphatic hydroxyl groups is 1. The zero-order valence-electron chi connectivity index (χ0n) is 12.6. The molecule has 4 atom stereocenters. The minimum absolute atomic E-state index is 0. The molecule has 0 aromatic heterocycles. The van der Waals surface area contributed by atoms with Crippen LogP contribution in [0.2, 0.25) is 0 Å². The normalized spacial score (nSPS) is 27.7. The number of rotatable bonds is 4. The van der Waals surface area contributed by atoms with Gasteiger partial charge in [0.2, 0.25) is 5.91 Å². The Bertz CT molecular complexity index is 548. The smallest absolute Gasteiger partial charge is 0.238 e. The van der Waals surface area contributed by atoms with E-state index >= 15 is 0 Å². The molecule has 8 heteroatoms. The van der Waals surface area contributed by atoms with E-state index in [1.807, 2.05) is 0 Å². The van der Waals surface area contributed by atoms with Crippen LogP contribution in [0.5, 0.6) is 0 Å². The number of hydrogen-bond acceptors (Lipinski definition) is 5. The summed E-state index contributed by atoms with van der Waals surface area (Å²) in [5.74, 6) is -0.472. The van der Waals surface area contributed by atoms with Gasteiger partial charge >= 0.3 is 0 Å². The molecule has 2 heterocycles. The van der Waals surface area contributed by atoms with Crippen LogP contribution in [0.3, 0.4) is 0 Å². The van der Waals surface area contributed by atoms with Gasteiger partial charge in [-0.2, -0.15) is 0 Å². The fraction of sp³-hybridized carbons (Fsp3) is 0.533. The van der Waals surface area contributed by atoms with Crippen molar-refractivity contribution in [1.29, 1.82) is 0 Å². The molecule has 3 rings (SSSR count). The number of piperidine rings is 1. The number of carbonyl (C=O) groups excluding carboxylic acids is 1. The number of amides is 1. The zero-order chi connectivity index (χ0) is 15.5. The Hall–Kier alpha value is -1.25. The number of nitrogens with one attached hydrogen (secondary N) is 4. The number of carbonyl (C=O) groups is 1. The van der Waals surface area contributed by atoms with Crippen LogP contribution < -0.4 is 21.5 Å². The first-order chi connectivity index (χ1) is 10.7. The van der Waals surface area contributed by atoms with Crippen LogP contribution in [0.25, 0.3) is 0 Å². The Morgan fingerprint density at radius 2 is 2.17 bits per heavy atom. The third kappa shape index (κ3) is 3.99. The SMILES string of the molecule is Cl.O=C(NCC(O)c1ccccc1F)C1NNC2CCNCC21. The Morgan fingerprint density at radius 3 is 2.96 bits per heavy atom. The molecule has 0 aliphatic carbocycles. The van der Waals surface area contributed by atoms with Crippen LogP contribution in [-0.4, -0.2) is 42.7 Å². The van der Waals surface area contributed by atoms with E-state index in [0.717, 1.165) is 19.5 Å². The average molecular weight is 345 g/mol. The van der Waals surface area contributed by atoms with E-state index in [1.54, 1.807) is 12.1 Å². The standard InChI is InChI=1S/C15H21FN4O2.ClH/c16-11-4-2-1-3-9(11)13(21)8-18-15(22)14-10-7-17-6-5-12(10)19-20-14;/h1-4,10,12-14,17,19-21H,5-8H2,(H,18,22);1H. The summed E-state index contributed by atoms with van der Waals surface area (Å²) in [4.78, 5) is 12.3. The Labute approximate surface area is 140 Å². The summed E-state index contributed by atoms with van der Waals surface area (Å²) in [6.07, 6.45) is -0.0842. The van der Waals surface area contributed by atoms with Gasteiger partial charge in [-0.15, -0.1) is 12.4 Å². The number of aliphatic hydroxyl groups excluding tert-OH is 1. The molecular weight excluding hydrogens is 323 g/mol.